The molecule has 1 amide bonds. The molecule has 118 valence electrons. The molecule has 1 heterocycles. The Bertz CT molecular complexity index is 576. The molecule has 22 heavy (non-hydrogen) atoms. The first kappa shape index (κ1) is 14.1. The van der Waals surface area contributed by atoms with Crippen molar-refractivity contribution >= 4 is 6.09 Å². The van der Waals surface area contributed by atoms with Gasteiger partial charge in [0.2, 0.25) is 0 Å². The van der Waals surface area contributed by atoms with Crippen molar-refractivity contribution in [2.24, 2.45) is 5.92 Å². The zero-order valence-corrected chi connectivity index (χ0v) is 13.8. The number of likely N-dealkylation sites (tertiary alicyclic amines) is 1. The average Bonchev–Trinajstić information content (AvgIpc) is 2.22. The van der Waals surface area contributed by atoms with Gasteiger partial charge in [-0.25, -0.2) is 4.79 Å². The maximum atomic E-state index is 12.0. The molecule has 2 bridgehead atoms. The summed E-state index contributed by atoms with van der Waals surface area (Å²) < 4.78 is 5.40. The Morgan fingerprint density at radius 2 is 1.73 bits per heavy atom. The van der Waals surface area contributed by atoms with Crippen LogP contribution in [0.3, 0.4) is 0 Å². The number of nitrogens with zero attached hydrogens (tertiary/aromatic N) is 1. The third kappa shape index (κ3) is 2.22. The van der Waals surface area contributed by atoms with Crippen LogP contribution in [0.25, 0.3) is 0 Å². The van der Waals surface area contributed by atoms with Crippen molar-refractivity contribution in [1.82, 2.24) is 4.90 Å². The number of rotatable bonds is 2. The van der Waals surface area contributed by atoms with Gasteiger partial charge >= 0.3 is 6.09 Å². The van der Waals surface area contributed by atoms with Gasteiger partial charge in [-0.1, -0.05) is 24.3 Å². The molecule has 1 saturated heterocycles. The largest absolute Gasteiger partial charge is 0.444 e. The third-order valence-corrected chi connectivity index (χ3v) is 5.57. The highest BCUT2D eigenvalue weighted by Gasteiger charge is 2.57. The molecule has 0 N–H and O–H groups in total. The fourth-order valence-electron chi connectivity index (χ4n) is 4.11. The summed E-state index contributed by atoms with van der Waals surface area (Å²) in [6.45, 7) is 7.28. The van der Waals surface area contributed by atoms with Gasteiger partial charge in [0.15, 0.2) is 0 Å². The summed E-state index contributed by atoms with van der Waals surface area (Å²) in [5, 5.41) is 0. The Hall–Kier alpha value is -1.51. The molecule has 0 unspecified atom stereocenters. The van der Waals surface area contributed by atoms with Crippen LogP contribution in [0.5, 0.6) is 0 Å². The van der Waals surface area contributed by atoms with Gasteiger partial charge in [-0.3, -0.25) is 0 Å². The van der Waals surface area contributed by atoms with Crippen molar-refractivity contribution in [3.63, 3.8) is 0 Å². The Morgan fingerprint density at radius 3 is 2.18 bits per heavy atom. The lowest BCUT2D eigenvalue weighted by Gasteiger charge is -2.62. The smallest absolute Gasteiger partial charge is 0.410 e. The van der Waals surface area contributed by atoms with E-state index >= 15 is 0 Å². The lowest BCUT2D eigenvalue weighted by molar-refractivity contribution is -0.0274. The Labute approximate surface area is 132 Å². The molecule has 4 fully saturated rings. The number of carbonyl (C=O) groups excluding carboxylic acids is 1. The molecule has 3 aliphatic carbocycles. The summed E-state index contributed by atoms with van der Waals surface area (Å²) in [6, 6.07) is 9.18. The Kier molecular flexibility index (Phi) is 2.88. The minimum atomic E-state index is -0.410. The zero-order chi connectivity index (χ0) is 15.5. The first-order chi connectivity index (χ1) is 10.3. The molecule has 0 aromatic heterocycles. The topological polar surface area (TPSA) is 29.5 Å². The van der Waals surface area contributed by atoms with Crippen LogP contribution in [0.15, 0.2) is 24.3 Å². The average molecular weight is 299 g/mol. The molecule has 0 radical (unpaired) electrons. The number of ether oxygens (including phenoxy) is 1. The van der Waals surface area contributed by atoms with Gasteiger partial charge in [0.1, 0.15) is 5.60 Å². The first-order valence-corrected chi connectivity index (χ1v) is 8.43. The fraction of sp³-hybridized carbons (Fsp3) is 0.632. The lowest BCUT2D eigenvalue weighted by Crippen LogP contribution is -2.55. The van der Waals surface area contributed by atoms with E-state index in [9.17, 15) is 4.79 Å². The van der Waals surface area contributed by atoms with Crippen LogP contribution in [-0.2, 0) is 10.2 Å². The van der Waals surface area contributed by atoms with E-state index in [0.29, 0.717) is 11.3 Å². The molecule has 0 spiro atoms. The first-order valence-electron chi connectivity index (χ1n) is 8.43. The predicted molar refractivity (Wildman–Crippen MR) is 86.0 cm³/mol. The quantitative estimate of drug-likeness (QED) is 0.823. The van der Waals surface area contributed by atoms with Crippen LogP contribution < -0.4 is 0 Å². The highest BCUT2D eigenvalue weighted by Crippen LogP contribution is 2.65. The minimum absolute atomic E-state index is 0.186. The third-order valence-electron chi connectivity index (χ3n) is 5.57. The van der Waals surface area contributed by atoms with Crippen LogP contribution in [0.1, 0.15) is 57.1 Å². The maximum absolute atomic E-state index is 12.0. The van der Waals surface area contributed by atoms with Gasteiger partial charge < -0.3 is 9.64 Å². The number of hydrogen-bond acceptors (Lipinski definition) is 2. The van der Waals surface area contributed by atoms with E-state index in [0.717, 1.165) is 19.0 Å². The summed E-state index contributed by atoms with van der Waals surface area (Å²) in [6.07, 6.45) is 4.03. The van der Waals surface area contributed by atoms with Gasteiger partial charge in [0.25, 0.3) is 0 Å². The summed E-state index contributed by atoms with van der Waals surface area (Å²) in [7, 11) is 0. The number of benzene rings is 1. The number of hydrogen-bond donors (Lipinski definition) is 0. The van der Waals surface area contributed by atoms with Crippen molar-refractivity contribution < 1.29 is 9.53 Å². The van der Waals surface area contributed by atoms with Crippen molar-refractivity contribution in [1.29, 1.82) is 0 Å². The number of amides is 1. The van der Waals surface area contributed by atoms with Crippen molar-refractivity contribution in [3.05, 3.63) is 35.4 Å². The van der Waals surface area contributed by atoms with Crippen LogP contribution >= 0.6 is 0 Å². The second-order valence-corrected chi connectivity index (χ2v) is 8.46. The van der Waals surface area contributed by atoms with Crippen molar-refractivity contribution in [2.45, 2.75) is 57.0 Å². The molecule has 1 aromatic rings. The van der Waals surface area contributed by atoms with Gasteiger partial charge in [-0.15, -0.1) is 0 Å². The minimum Gasteiger partial charge on any atom is -0.444 e. The van der Waals surface area contributed by atoms with Crippen LogP contribution in [0.4, 0.5) is 4.79 Å². The van der Waals surface area contributed by atoms with E-state index < -0.39 is 5.60 Å². The lowest BCUT2D eigenvalue weighted by atomic mass is 9.42. The summed E-state index contributed by atoms with van der Waals surface area (Å²) >= 11 is 0. The summed E-state index contributed by atoms with van der Waals surface area (Å²) in [5.74, 6) is 1.49. The molecule has 4 aliphatic rings. The van der Waals surface area contributed by atoms with Gasteiger partial charge in [-0.2, -0.15) is 0 Å². The second-order valence-electron chi connectivity index (χ2n) is 8.46. The standard InChI is InChI=1S/C19H25NO2/c1-18(2,3)22-17(21)20-11-15(12-20)14-4-6-16(7-5-14)19-8-13(9-19)10-19/h4-7,13,15H,8-12H2,1-3H3. The molecular formula is C19H25NO2. The second kappa shape index (κ2) is 4.50. The van der Waals surface area contributed by atoms with Crippen molar-refractivity contribution in [2.75, 3.05) is 13.1 Å². The van der Waals surface area contributed by atoms with Crippen LogP contribution in [0.2, 0.25) is 0 Å². The molecule has 3 saturated carbocycles. The summed E-state index contributed by atoms with van der Waals surface area (Å²) in [4.78, 5) is 13.8. The normalized spacial score (nSPS) is 30.1. The van der Waals surface area contributed by atoms with Crippen LogP contribution in [0, 0.1) is 5.92 Å². The highest BCUT2D eigenvalue weighted by molar-refractivity contribution is 5.69. The predicted octanol–water partition coefficient (Wildman–Crippen LogP) is 4.07. The maximum Gasteiger partial charge on any atom is 0.410 e. The Balaban J connectivity index is 1.34. The highest BCUT2D eigenvalue weighted by atomic mass is 16.6. The van der Waals surface area contributed by atoms with E-state index in [1.807, 2.05) is 20.8 Å². The molecule has 0 atom stereocenters. The molecule has 1 aliphatic heterocycles. The zero-order valence-electron chi connectivity index (χ0n) is 13.8. The van der Waals surface area contributed by atoms with Crippen LogP contribution in [-0.4, -0.2) is 29.7 Å². The molecule has 5 rings (SSSR count). The molecule has 1 aromatic carbocycles. The summed E-state index contributed by atoms with van der Waals surface area (Å²) in [5.41, 5.74) is 3.02. The van der Waals surface area contributed by atoms with E-state index in [1.165, 1.54) is 30.4 Å². The monoisotopic (exact) mass is 299 g/mol. The SMILES string of the molecule is CC(C)(C)OC(=O)N1CC(c2ccc(C34CC(C3)C4)cc2)C1. The van der Waals surface area contributed by atoms with Crippen molar-refractivity contribution in [3.8, 4) is 0 Å². The number of carbonyl (C=O) groups is 1. The Morgan fingerprint density at radius 1 is 1.14 bits per heavy atom. The fourth-order valence-corrected chi connectivity index (χ4v) is 4.11. The van der Waals surface area contributed by atoms with Gasteiger partial charge in [0, 0.05) is 19.0 Å². The van der Waals surface area contributed by atoms with Gasteiger partial charge in [-0.05, 0) is 62.5 Å². The van der Waals surface area contributed by atoms with E-state index in [-0.39, 0.29) is 6.09 Å². The van der Waals surface area contributed by atoms with Gasteiger partial charge in [0.05, 0.1) is 0 Å². The van der Waals surface area contributed by atoms with E-state index in [4.69, 9.17) is 4.74 Å². The van der Waals surface area contributed by atoms with E-state index in [2.05, 4.69) is 24.3 Å². The van der Waals surface area contributed by atoms with E-state index in [1.54, 1.807) is 4.90 Å². The molecule has 3 heteroatoms. The molecule has 3 nitrogen and oxygen atoms in total. The molecular weight excluding hydrogens is 274 g/mol.